The largest absolute Gasteiger partial charge is 0.511 e. The van der Waals surface area contributed by atoms with Gasteiger partial charge in [0.2, 0.25) is 10.0 Å². The minimum Gasteiger partial charge on any atom is -0.511 e. The molecule has 2 saturated carbocycles. The fraction of sp³-hybridized carbons (Fsp3) is 0.417. The van der Waals surface area contributed by atoms with Crippen molar-refractivity contribution in [3.8, 4) is 0 Å². The molecule has 3 N–H and O–H groups in total. The molecule has 202 valence electrons. The van der Waals surface area contributed by atoms with Crippen LogP contribution >= 0.6 is 11.3 Å². The van der Waals surface area contributed by atoms with E-state index in [1.54, 1.807) is 17.0 Å². The zero-order chi connectivity index (χ0) is 27.0. The van der Waals surface area contributed by atoms with E-state index >= 15 is 0 Å². The van der Waals surface area contributed by atoms with E-state index in [-0.39, 0.29) is 69.5 Å². The maximum atomic E-state index is 13.9. The van der Waals surface area contributed by atoms with Crippen LogP contribution in [0.4, 0.5) is 9.39 Å². The number of halogens is 1. The Morgan fingerprint density at radius 1 is 1.24 bits per heavy atom. The number of carbonyl (C=O) groups is 1. The normalized spacial score (nSPS) is 27.7. The molecule has 1 aromatic carbocycles. The van der Waals surface area contributed by atoms with Gasteiger partial charge < -0.3 is 15.3 Å². The quantitative estimate of drug-likeness (QED) is 0.476. The van der Waals surface area contributed by atoms with Crippen molar-refractivity contribution in [2.24, 2.45) is 22.2 Å². The van der Waals surface area contributed by atoms with Crippen molar-refractivity contribution in [3.05, 3.63) is 57.9 Å². The van der Waals surface area contributed by atoms with Crippen LogP contribution in [0, 0.1) is 23.6 Å². The van der Waals surface area contributed by atoms with Crippen LogP contribution < -0.4 is 10.0 Å². The third-order valence-electron chi connectivity index (χ3n) is 7.83. The van der Waals surface area contributed by atoms with E-state index in [0.29, 0.717) is 0 Å². The van der Waals surface area contributed by atoms with Crippen LogP contribution in [0.3, 0.4) is 0 Å². The Bertz CT molecular complexity index is 1610. The summed E-state index contributed by atoms with van der Waals surface area (Å²) in [5.41, 5.74) is 0.765. The van der Waals surface area contributed by atoms with E-state index < -0.39 is 31.8 Å². The van der Waals surface area contributed by atoms with Crippen molar-refractivity contribution in [2.75, 3.05) is 11.6 Å². The van der Waals surface area contributed by atoms with E-state index in [0.717, 1.165) is 42.4 Å². The van der Waals surface area contributed by atoms with Crippen LogP contribution in [0.25, 0.3) is 0 Å². The Labute approximate surface area is 223 Å². The number of amides is 1. The number of aliphatic hydroxyl groups excluding tert-OH is 1. The van der Waals surface area contributed by atoms with Gasteiger partial charge in [0.05, 0.1) is 6.26 Å². The van der Waals surface area contributed by atoms with Gasteiger partial charge in [-0.3, -0.25) is 4.79 Å². The molecular weight excluding hydrogens is 555 g/mol. The van der Waals surface area contributed by atoms with Crippen molar-refractivity contribution in [3.63, 3.8) is 0 Å². The third-order valence-corrected chi connectivity index (χ3v) is 11.0. The summed E-state index contributed by atoms with van der Waals surface area (Å²) < 4.78 is 69.2. The van der Waals surface area contributed by atoms with E-state index in [1.165, 1.54) is 17.5 Å². The highest BCUT2D eigenvalue weighted by molar-refractivity contribution is 7.91. The predicted molar refractivity (Wildman–Crippen MR) is 139 cm³/mol. The standard InChI is InChI=1S/C24H25FN4O6S3/c1-37(32,33)26-9-15-11-36-23-21(15)38(34,35)28-22(27-23)18-20(30)17-13-4-5-14(8-13)19(17)29(24(18)31)10-12-2-6-16(25)7-3-12/h2-3,6-7,11,13-14,17,19,26,30H,4-5,8-10H2,1H3,(H,27,28)/t13-,14+,17?,19?/m1/s1. The second-order valence-corrected chi connectivity index (χ2v) is 14.5. The van der Waals surface area contributed by atoms with Gasteiger partial charge in [-0.25, -0.2) is 17.5 Å². The molecule has 0 saturated heterocycles. The van der Waals surface area contributed by atoms with Crippen molar-refractivity contribution in [1.29, 1.82) is 0 Å². The molecule has 6 rings (SSSR count). The summed E-state index contributed by atoms with van der Waals surface area (Å²) in [5, 5.41) is 16.0. The first-order valence-corrected chi connectivity index (χ1v) is 16.3. The number of fused-ring (bicyclic) bond motifs is 6. The maximum absolute atomic E-state index is 13.9. The lowest BCUT2D eigenvalue weighted by molar-refractivity contribution is -0.134. The number of thiophene rings is 1. The van der Waals surface area contributed by atoms with Crippen molar-refractivity contribution in [2.45, 2.75) is 43.3 Å². The van der Waals surface area contributed by atoms with Crippen LogP contribution in [0.2, 0.25) is 0 Å². The second-order valence-electron chi connectivity index (χ2n) is 10.2. The van der Waals surface area contributed by atoms with Crippen molar-refractivity contribution in [1.82, 2.24) is 9.62 Å². The molecule has 38 heavy (non-hydrogen) atoms. The van der Waals surface area contributed by atoms with E-state index in [1.807, 2.05) is 0 Å². The molecule has 2 bridgehead atoms. The molecule has 3 heterocycles. The number of carbonyl (C=O) groups excluding carboxylic acids is 1. The SMILES string of the molecule is CS(=O)(=O)NCc1csc2c1S(=O)(=O)N=C(C1=C(O)C3C([C@H]4CC[C@@H]3C4)N(Cc3ccc(F)cc3)C1=O)N2. The fourth-order valence-corrected chi connectivity index (χ4v) is 9.35. The van der Waals surface area contributed by atoms with Gasteiger partial charge in [0.1, 0.15) is 27.0 Å². The number of hydrogen-bond donors (Lipinski definition) is 3. The summed E-state index contributed by atoms with van der Waals surface area (Å²) >= 11 is 1.04. The Morgan fingerprint density at radius 3 is 2.66 bits per heavy atom. The molecule has 10 nitrogen and oxygen atoms in total. The van der Waals surface area contributed by atoms with Gasteiger partial charge in [-0.2, -0.15) is 8.42 Å². The molecule has 2 aromatic rings. The average Bonchev–Trinajstić information content (AvgIpc) is 3.56. The smallest absolute Gasteiger partial charge is 0.287 e. The topological polar surface area (TPSA) is 145 Å². The van der Waals surface area contributed by atoms with Gasteiger partial charge in [0.25, 0.3) is 15.9 Å². The minimum absolute atomic E-state index is 0.150. The highest BCUT2D eigenvalue weighted by Crippen LogP contribution is 2.55. The first-order chi connectivity index (χ1) is 17.9. The molecule has 14 heteroatoms. The number of nitrogens with one attached hydrogen (secondary N) is 2. The maximum Gasteiger partial charge on any atom is 0.287 e. The zero-order valence-electron chi connectivity index (χ0n) is 20.2. The molecule has 2 unspecified atom stereocenters. The zero-order valence-corrected chi connectivity index (χ0v) is 22.7. The van der Waals surface area contributed by atoms with Crippen LogP contribution in [0.1, 0.15) is 30.4 Å². The third kappa shape index (κ3) is 4.23. The summed E-state index contributed by atoms with van der Waals surface area (Å²) in [4.78, 5) is 15.4. The van der Waals surface area contributed by atoms with Gasteiger partial charge in [-0.15, -0.1) is 15.7 Å². The van der Waals surface area contributed by atoms with E-state index in [9.17, 15) is 31.1 Å². The number of amidine groups is 1. The lowest BCUT2D eigenvalue weighted by Gasteiger charge is -2.44. The first-order valence-electron chi connectivity index (χ1n) is 12.1. The van der Waals surface area contributed by atoms with Gasteiger partial charge in [0.15, 0.2) is 5.84 Å². The number of aliphatic hydroxyl groups is 1. The van der Waals surface area contributed by atoms with Gasteiger partial charge in [-0.05, 0) is 54.2 Å². The number of benzene rings is 1. The number of anilines is 1. The number of hydrogen-bond acceptors (Lipinski definition) is 8. The molecule has 2 aliphatic carbocycles. The summed E-state index contributed by atoms with van der Waals surface area (Å²) in [6, 6.07) is 5.62. The summed E-state index contributed by atoms with van der Waals surface area (Å²) in [5.74, 6) is -1.29. The number of rotatable bonds is 6. The monoisotopic (exact) mass is 580 g/mol. The number of nitrogens with zero attached hydrogens (tertiary/aromatic N) is 2. The van der Waals surface area contributed by atoms with Crippen LogP contribution in [-0.2, 0) is 37.9 Å². The average molecular weight is 581 g/mol. The van der Waals surface area contributed by atoms with Crippen LogP contribution in [0.15, 0.2) is 50.3 Å². The Balaban J connectivity index is 1.39. The summed E-state index contributed by atoms with van der Waals surface area (Å²) in [6.07, 6.45) is 3.69. The molecule has 2 aliphatic heterocycles. The molecule has 1 aromatic heterocycles. The molecule has 4 atom stereocenters. The fourth-order valence-electron chi connectivity index (χ4n) is 6.32. The van der Waals surface area contributed by atoms with E-state index in [2.05, 4.69) is 14.4 Å². The molecule has 0 spiro atoms. The van der Waals surface area contributed by atoms with Gasteiger partial charge >= 0.3 is 0 Å². The summed E-state index contributed by atoms with van der Waals surface area (Å²) in [6.45, 7) is -0.0482. The number of sulfonamides is 2. The Kier molecular flexibility index (Phi) is 5.94. The first kappa shape index (κ1) is 25.5. The highest BCUT2D eigenvalue weighted by Gasteiger charge is 2.57. The lowest BCUT2D eigenvalue weighted by Crippen LogP contribution is -2.53. The summed E-state index contributed by atoms with van der Waals surface area (Å²) in [7, 11) is -7.87. The predicted octanol–water partition coefficient (Wildman–Crippen LogP) is 2.72. The van der Waals surface area contributed by atoms with Gasteiger partial charge in [-0.1, -0.05) is 12.1 Å². The van der Waals surface area contributed by atoms with Crippen molar-refractivity contribution < 1.29 is 31.1 Å². The molecule has 4 aliphatic rings. The molecule has 0 radical (unpaired) electrons. The Hall–Kier alpha value is -2.81. The van der Waals surface area contributed by atoms with Gasteiger partial charge in [0, 0.05) is 30.6 Å². The second kappa shape index (κ2) is 8.86. The molecular formula is C24H25FN4O6S3. The molecule has 2 fully saturated rings. The highest BCUT2D eigenvalue weighted by atomic mass is 32.2. The van der Waals surface area contributed by atoms with E-state index in [4.69, 9.17) is 0 Å². The van der Waals surface area contributed by atoms with Crippen LogP contribution in [0.5, 0.6) is 0 Å². The minimum atomic E-state index is -4.31. The van der Waals surface area contributed by atoms with Crippen molar-refractivity contribution >= 4 is 48.1 Å². The Morgan fingerprint density at radius 2 is 1.95 bits per heavy atom. The van der Waals surface area contributed by atoms with Crippen LogP contribution in [-0.4, -0.2) is 50.9 Å². The molecule has 1 amide bonds. The lowest BCUT2D eigenvalue weighted by atomic mass is 9.77.